The van der Waals surface area contributed by atoms with Crippen LogP contribution >= 0.6 is 0 Å². The molecule has 1 aliphatic rings. The second-order valence-corrected chi connectivity index (χ2v) is 10.1. The Morgan fingerprint density at radius 1 is 1.06 bits per heavy atom. The molecule has 1 fully saturated rings. The smallest absolute Gasteiger partial charge is 0.251 e. The summed E-state index contributed by atoms with van der Waals surface area (Å²) in [6, 6.07) is 15.0. The van der Waals surface area contributed by atoms with Crippen molar-refractivity contribution in [3.8, 4) is 5.75 Å². The third-order valence-electron chi connectivity index (χ3n) is 5.13. The molecule has 1 amide bonds. The molecule has 0 spiro atoms. The Labute approximate surface area is 185 Å². The molecule has 0 atom stereocenters. The van der Waals surface area contributed by atoms with Crippen LogP contribution in [0.25, 0.3) is 0 Å². The van der Waals surface area contributed by atoms with Gasteiger partial charge in [0.25, 0.3) is 5.91 Å². The zero-order valence-corrected chi connectivity index (χ0v) is 19.2. The van der Waals surface area contributed by atoms with E-state index in [-0.39, 0.29) is 24.3 Å². The fourth-order valence-corrected chi connectivity index (χ4v) is 4.87. The number of nitrogens with zero attached hydrogens (tertiary/aromatic N) is 2. The number of hydrogen-bond acceptors (Lipinski definition) is 5. The lowest BCUT2D eigenvalue weighted by Gasteiger charge is -2.35. The van der Waals surface area contributed by atoms with Crippen molar-refractivity contribution in [1.29, 1.82) is 0 Å². The molecule has 8 heteroatoms. The molecule has 0 aliphatic carbocycles. The number of carbonyl (C=O) groups excluding carboxylic acids is 1. The predicted octanol–water partition coefficient (Wildman–Crippen LogP) is 2.66. The number of sulfonamides is 1. The fraction of sp³-hybridized carbons (Fsp3) is 0.435. The highest BCUT2D eigenvalue weighted by Gasteiger charge is 2.27. The van der Waals surface area contributed by atoms with E-state index in [9.17, 15) is 13.2 Å². The third-order valence-corrected chi connectivity index (χ3v) is 7.00. The Morgan fingerprint density at radius 3 is 2.35 bits per heavy atom. The maximum Gasteiger partial charge on any atom is 0.251 e. The average molecular weight is 446 g/mol. The van der Waals surface area contributed by atoms with Crippen LogP contribution in [0.1, 0.15) is 29.8 Å². The highest BCUT2D eigenvalue weighted by Crippen LogP contribution is 2.19. The monoisotopic (exact) mass is 445 g/mol. The summed E-state index contributed by atoms with van der Waals surface area (Å²) in [4.78, 5) is 14.5. The number of amides is 1. The molecule has 3 rings (SSSR count). The van der Waals surface area contributed by atoms with Crippen LogP contribution in [0.2, 0.25) is 0 Å². The van der Waals surface area contributed by atoms with E-state index >= 15 is 0 Å². The van der Waals surface area contributed by atoms with Gasteiger partial charge in [0.05, 0.1) is 11.9 Å². The second-order valence-electron chi connectivity index (χ2n) is 7.99. The van der Waals surface area contributed by atoms with Crippen molar-refractivity contribution in [2.75, 3.05) is 43.4 Å². The minimum absolute atomic E-state index is 0.0589. The summed E-state index contributed by atoms with van der Waals surface area (Å²) in [5.74, 6) is 0.284. The lowest BCUT2D eigenvalue weighted by Crippen LogP contribution is -2.50. The Kier molecular flexibility index (Phi) is 7.56. The lowest BCUT2D eigenvalue weighted by atomic mass is 10.2. The number of ether oxygens (including phenoxy) is 1. The van der Waals surface area contributed by atoms with Gasteiger partial charge >= 0.3 is 0 Å². The molecule has 0 radical (unpaired) electrons. The van der Waals surface area contributed by atoms with Gasteiger partial charge in [0.2, 0.25) is 10.0 Å². The number of benzene rings is 2. The molecule has 168 valence electrons. The topological polar surface area (TPSA) is 79.0 Å². The van der Waals surface area contributed by atoms with Gasteiger partial charge in [-0.15, -0.1) is 0 Å². The Morgan fingerprint density at radius 2 is 1.74 bits per heavy atom. The first kappa shape index (κ1) is 23.1. The number of piperazine rings is 1. The first-order chi connectivity index (χ1) is 14.7. The standard InChI is InChI=1S/C23H31N3O4S/c1-18(2)30-22-9-7-20(8-10-22)23(27)24-11-16-31(28,29)26-14-12-25(13-15-26)21-6-4-5-19(3)17-21/h4-10,17-18H,11-16H2,1-3H3,(H,24,27). The molecule has 0 saturated carbocycles. The maximum absolute atomic E-state index is 12.7. The van der Waals surface area contributed by atoms with Gasteiger partial charge in [-0.25, -0.2) is 8.42 Å². The molecule has 0 bridgehead atoms. The number of anilines is 1. The van der Waals surface area contributed by atoms with Crippen molar-refractivity contribution in [2.45, 2.75) is 26.9 Å². The van der Waals surface area contributed by atoms with E-state index in [0.29, 0.717) is 37.5 Å². The first-order valence-corrected chi connectivity index (χ1v) is 12.2. The largest absolute Gasteiger partial charge is 0.491 e. The molecule has 1 heterocycles. The van der Waals surface area contributed by atoms with Gasteiger partial charge in [-0.1, -0.05) is 12.1 Å². The van der Waals surface area contributed by atoms with Crippen LogP contribution in [0.15, 0.2) is 48.5 Å². The van der Waals surface area contributed by atoms with Crippen LogP contribution in [-0.2, 0) is 10.0 Å². The van der Waals surface area contributed by atoms with E-state index < -0.39 is 10.0 Å². The van der Waals surface area contributed by atoms with Gasteiger partial charge in [0, 0.05) is 44.0 Å². The lowest BCUT2D eigenvalue weighted by molar-refractivity contribution is 0.0956. The molecule has 7 nitrogen and oxygen atoms in total. The summed E-state index contributed by atoms with van der Waals surface area (Å²) in [7, 11) is -3.42. The van der Waals surface area contributed by atoms with Crippen molar-refractivity contribution < 1.29 is 17.9 Å². The van der Waals surface area contributed by atoms with Gasteiger partial charge < -0.3 is 15.0 Å². The summed E-state index contributed by atoms with van der Waals surface area (Å²) < 4.78 is 32.5. The van der Waals surface area contributed by atoms with Crippen LogP contribution in [-0.4, -0.2) is 63.2 Å². The first-order valence-electron chi connectivity index (χ1n) is 10.6. The molecular weight excluding hydrogens is 414 g/mol. The highest BCUT2D eigenvalue weighted by molar-refractivity contribution is 7.89. The van der Waals surface area contributed by atoms with Crippen molar-refractivity contribution in [3.63, 3.8) is 0 Å². The Bertz CT molecular complexity index is 982. The van der Waals surface area contributed by atoms with Crippen molar-refractivity contribution in [3.05, 3.63) is 59.7 Å². The summed E-state index contributed by atoms with van der Waals surface area (Å²) in [5.41, 5.74) is 2.78. The van der Waals surface area contributed by atoms with Crippen molar-refractivity contribution >= 4 is 21.6 Å². The van der Waals surface area contributed by atoms with E-state index in [2.05, 4.69) is 16.3 Å². The molecule has 1 saturated heterocycles. The highest BCUT2D eigenvalue weighted by atomic mass is 32.2. The molecular formula is C23H31N3O4S. The quantitative estimate of drug-likeness (QED) is 0.676. The second kappa shape index (κ2) is 10.2. The zero-order valence-electron chi connectivity index (χ0n) is 18.4. The molecule has 0 aromatic heterocycles. The van der Waals surface area contributed by atoms with E-state index in [4.69, 9.17) is 4.74 Å². The van der Waals surface area contributed by atoms with Gasteiger partial charge in [-0.3, -0.25) is 4.79 Å². The summed E-state index contributed by atoms with van der Waals surface area (Å²) in [5, 5.41) is 2.70. The molecule has 31 heavy (non-hydrogen) atoms. The van der Waals surface area contributed by atoms with Gasteiger partial charge in [-0.05, 0) is 62.7 Å². The van der Waals surface area contributed by atoms with E-state index in [1.54, 1.807) is 24.3 Å². The molecule has 1 aliphatic heterocycles. The Hall–Kier alpha value is -2.58. The van der Waals surface area contributed by atoms with Gasteiger partial charge in [0.15, 0.2) is 0 Å². The van der Waals surface area contributed by atoms with E-state index in [0.717, 1.165) is 5.69 Å². The average Bonchev–Trinajstić information content (AvgIpc) is 2.74. The van der Waals surface area contributed by atoms with Crippen molar-refractivity contribution in [1.82, 2.24) is 9.62 Å². The van der Waals surface area contributed by atoms with Crippen molar-refractivity contribution in [2.24, 2.45) is 0 Å². The van der Waals surface area contributed by atoms with E-state index in [1.807, 2.05) is 39.0 Å². The molecule has 0 unspecified atom stereocenters. The zero-order chi connectivity index (χ0) is 22.4. The number of aryl methyl sites for hydroxylation is 1. The Balaban J connectivity index is 1.46. The van der Waals surface area contributed by atoms with Crippen LogP contribution in [0, 0.1) is 6.92 Å². The van der Waals surface area contributed by atoms with Gasteiger partial charge in [-0.2, -0.15) is 4.31 Å². The number of hydrogen-bond donors (Lipinski definition) is 1. The van der Waals surface area contributed by atoms with Crippen LogP contribution < -0.4 is 15.0 Å². The number of nitrogens with one attached hydrogen (secondary N) is 1. The summed E-state index contributed by atoms with van der Waals surface area (Å²) >= 11 is 0. The number of rotatable bonds is 8. The predicted molar refractivity (Wildman–Crippen MR) is 123 cm³/mol. The maximum atomic E-state index is 12.7. The van der Waals surface area contributed by atoms with Crippen LogP contribution in [0.3, 0.4) is 0 Å². The fourth-order valence-electron chi connectivity index (χ4n) is 3.53. The van der Waals surface area contributed by atoms with Gasteiger partial charge in [0.1, 0.15) is 5.75 Å². The summed E-state index contributed by atoms with van der Waals surface area (Å²) in [6.07, 6.45) is 0.0589. The minimum atomic E-state index is -3.42. The van der Waals surface area contributed by atoms with Crippen LogP contribution in [0.4, 0.5) is 5.69 Å². The third kappa shape index (κ3) is 6.45. The molecule has 1 N–H and O–H groups in total. The SMILES string of the molecule is Cc1cccc(N2CCN(S(=O)(=O)CCNC(=O)c3ccc(OC(C)C)cc3)CC2)c1. The van der Waals surface area contributed by atoms with E-state index in [1.165, 1.54) is 9.87 Å². The van der Waals surface area contributed by atoms with Crippen LogP contribution in [0.5, 0.6) is 5.75 Å². The minimum Gasteiger partial charge on any atom is -0.491 e. The number of carbonyl (C=O) groups is 1. The normalized spacial score (nSPS) is 15.2. The molecule has 2 aromatic carbocycles. The molecule has 2 aromatic rings. The summed E-state index contributed by atoms with van der Waals surface area (Å²) in [6.45, 7) is 8.19.